The van der Waals surface area contributed by atoms with Crippen molar-refractivity contribution in [1.29, 1.82) is 0 Å². The van der Waals surface area contributed by atoms with Gasteiger partial charge in [0.05, 0.1) is 26.4 Å². The first-order valence-electron chi connectivity index (χ1n) is 42.1. The summed E-state index contributed by atoms with van der Waals surface area (Å²) in [4.78, 5) is 73.2. The molecule has 108 heavy (non-hydrogen) atoms. The van der Waals surface area contributed by atoms with Gasteiger partial charge >= 0.3 is 39.5 Å². The van der Waals surface area contributed by atoms with Crippen LogP contribution in [-0.2, 0) is 65.4 Å². The Hall–Kier alpha value is -5.06. The fraction of sp³-hybridized carbons (Fsp3) is 0.685. The summed E-state index contributed by atoms with van der Waals surface area (Å²) in [5.41, 5.74) is 0. The normalized spacial score (nSPS) is 14.5. The quantitative estimate of drug-likeness (QED) is 0.0169. The Bertz CT molecular complexity index is 2610. The maximum atomic E-state index is 13.1. The number of carbonyl (C=O) groups excluding carboxylic acids is 4. The minimum atomic E-state index is -5.00. The van der Waals surface area contributed by atoms with Gasteiger partial charge in [-0.05, 0) is 148 Å². The van der Waals surface area contributed by atoms with Crippen LogP contribution in [0.2, 0.25) is 0 Å². The highest BCUT2D eigenvalue weighted by Crippen LogP contribution is 2.45. The van der Waals surface area contributed by atoms with Gasteiger partial charge < -0.3 is 33.8 Å². The topological polar surface area (TPSA) is 237 Å². The van der Waals surface area contributed by atoms with Gasteiger partial charge in [0.2, 0.25) is 0 Å². The predicted molar refractivity (Wildman–Crippen MR) is 445 cm³/mol. The zero-order valence-corrected chi connectivity index (χ0v) is 69.5. The summed E-state index contributed by atoms with van der Waals surface area (Å²) in [6.07, 6.45) is 92.4. The van der Waals surface area contributed by atoms with E-state index in [2.05, 4.69) is 174 Å². The van der Waals surface area contributed by atoms with Crippen molar-refractivity contribution >= 4 is 39.5 Å². The monoisotopic (exact) mass is 1550 g/mol. The molecule has 0 saturated carbocycles. The van der Waals surface area contributed by atoms with E-state index in [-0.39, 0.29) is 25.7 Å². The van der Waals surface area contributed by atoms with Crippen LogP contribution in [0, 0.1) is 0 Å². The Kier molecular flexibility index (Phi) is 76.3. The molecule has 0 amide bonds. The molecule has 0 rings (SSSR count). The number of phosphoric acid groups is 2. The molecule has 0 saturated heterocycles. The summed E-state index contributed by atoms with van der Waals surface area (Å²) in [6.45, 7) is 4.55. The predicted octanol–water partition coefficient (Wildman–Crippen LogP) is 25.0. The molecular weight excluding hydrogens is 1400 g/mol. The van der Waals surface area contributed by atoms with E-state index in [1.807, 2.05) is 0 Å². The number of ether oxygens (including phenoxy) is 4. The maximum absolute atomic E-state index is 13.1. The molecule has 0 fully saturated rings. The minimum absolute atomic E-state index is 0.0357. The van der Waals surface area contributed by atoms with Gasteiger partial charge in [-0.1, -0.05) is 308 Å². The van der Waals surface area contributed by atoms with Gasteiger partial charge in [-0.3, -0.25) is 37.3 Å². The molecule has 5 atom stereocenters. The lowest BCUT2D eigenvalue weighted by Gasteiger charge is -2.21. The molecule has 0 aromatic heterocycles. The summed E-state index contributed by atoms with van der Waals surface area (Å²) in [5.74, 6) is -2.27. The van der Waals surface area contributed by atoms with Crippen molar-refractivity contribution in [2.24, 2.45) is 0 Å². The average molecular weight is 1550 g/mol. The smallest absolute Gasteiger partial charge is 0.462 e. The summed E-state index contributed by atoms with van der Waals surface area (Å²) < 4.78 is 68.7. The molecule has 0 bridgehead atoms. The molecule has 3 N–H and O–H groups in total. The number of esters is 4. The number of carbonyl (C=O) groups is 4. The largest absolute Gasteiger partial charge is 0.472 e. The third-order valence-corrected chi connectivity index (χ3v) is 19.2. The van der Waals surface area contributed by atoms with Crippen molar-refractivity contribution in [3.8, 4) is 0 Å². The number of aliphatic hydroxyl groups excluding tert-OH is 1. The van der Waals surface area contributed by atoms with Crippen LogP contribution in [0.1, 0.15) is 336 Å². The number of hydrogen-bond acceptors (Lipinski definition) is 15. The molecule has 0 aromatic rings. The Morgan fingerprint density at radius 3 is 0.787 bits per heavy atom. The summed E-state index contributed by atoms with van der Waals surface area (Å²) in [5, 5.41) is 10.7. The van der Waals surface area contributed by atoms with Crippen LogP contribution >= 0.6 is 15.6 Å². The third-order valence-electron chi connectivity index (χ3n) is 17.3. The number of unbranched alkanes of at least 4 members (excludes halogenated alkanes) is 28. The molecule has 0 aliphatic carbocycles. The molecule has 0 heterocycles. The van der Waals surface area contributed by atoms with Crippen LogP contribution in [0.5, 0.6) is 0 Å². The lowest BCUT2D eigenvalue weighted by molar-refractivity contribution is -0.161. The van der Waals surface area contributed by atoms with Gasteiger partial charge in [-0.25, -0.2) is 9.13 Å². The molecular formula is C89H150O17P2. The molecule has 19 heteroatoms. The van der Waals surface area contributed by atoms with Crippen molar-refractivity contribution in [3.05, 3.63) is 146 Å². The highest BCUT2D eigenvalue weighted by Gasteiger charge is 2.30. The van der Waals surface area contributed by atoms with Crippen LogP contribution in [0.3, 0.4) is 0 Å². The van der Waals surface area contributed by atoms with Crippen LogP contribution in [0.25, 0.3) is 0 Å². The second kappa shape index (κ2) is 80.0. The zero-order valence-electron chi connectivity index (χ0n) is 67.7. The maximum Gasteiger partial charge on any atom is 0.472 e. The van der Waals surface area contributed by atoms with E-state index < -0.39 is 97.5 Å². The average Bonchev–Trinajstić information content (AvgIpc) is 0.923. The lowest BCUT2D eigenvalue weighted by atomic mass is 10.0. The second-order valence-corrected chi connectivity index (χ2v) is 30.6. The summed E-state index contributed by atoms with van der Waals surface area (Å²) in [6, 6.07) is 0. The number of hydrogen-bond donors (Lipinski definition) is 3. The summed E-state index contributed by atoms with van der Waals surface area (Å²) in [7, 11) is -10.00. The van der Waals surface area contributed by atoms with Gasteiger partial charge in [-0.15, -0.1) is 0 Å². The van der Waals surface area contributed by atoms with E-state index in [1.54, 1.807) is 0 Å². The van der Waals surface area contributed by atoms with Crippen molar-refractivity contribution in [2.45, 2.75) is 354 Å². The molecule has 17 nitrogen and oxygen atoms in total. The van der Waals surface area contributed by atoms with E-state index in [1.165, 1.54) is 83.5 Å². The van der Waals surface area contributed by atoms with Gasteiger partial charge in [0.15, 0.2) is 12.2 Å². The van der Waals surface area contributed by atoms with Crippen molar-refractivity contribution in [1.82, 2.24) is 0 Å². The van der Waals surface area contributed by atoms with Crippen LogP contribution in [-0.4, -0.2) is 96.7 Å². The first-order valence-corrected chi connectivity index (χ1v) is 45.1. The minimum Gasteiger partial charge on any atom is -0.462 e. The zero-order chi connectivity index (χ0) is 78.9. The van der Waals surface area contributed by atoms with Gasteiger partial charge in [0.1, 0.15) is 19.3 Å². The Morgan fingerprint density at radius 2 is 0.481 bits per heavy atom. The van der Waals surface area contributed by atoms with E-state index in [0.717, 1.165) is 167 Å². The highest BCUT2D eigenvalue weighted by atomic mass is 31.2. The SMILES string of the molecule is CC/C=C\C/C=C\C/C=C\C/C=C\C/C=C\CCCCCC(=O)OCC(COP(=O)(O)OCC(O)COP(=O)(O)OCC(COC(=O)CCCCCCCC/C=C\C/C=C\C/C=C\CCCCC)OC(=O)CCCC/C=C\C/C=C\C/C=C\C/C=C\CC)OC(=O)CCCCCCCCCCCCCCCCC. The molecule has 5 unspecified atom stereocenters. The van der Waals surface area contributed by atoms with E-state index in [0.29, 0.717) is 32.1 Å². The van der Waals surface area contributed by atoms with E-state index in [4.69, 9.17) is 37.0 Å². The van der Waals surface area contributed by atoms with Crippen LogP contribution in [0.4, 0.5) is 0 Å². The van der Waals surface area contributed by atoms with Gasteiger partial charge in [-0.2, -0.15) is 0 Å². The molecule has 0 aromatic carbocycles. The first kappa shape index (κ1) is 103. The molecule has 0 aliphatic heterocycles. The van der Waals surface area contributed by atoms with Crippen molar-refractivity contribution in [2.75, 3.05) is 39.6 Å². The van der Waals surface area contributed by atoms with Crippen molar-refractivity contribution in [3.63, 3.8) is 0 Å². The highest BCUT2D eigenvalue weighted by molar-refractivity contribution is 7.47. The van der Waals surface area contributed by atoms with E-state index >= 15 is 0 Å². The fourth-order valence-corrected chi connectivity index (χ4v) is 12.5. The van der Waals surface area contributed by atoms with E-state index in [9.17, 15) is 43.2 Å². The van der Waals surface area contributed by atoms with Crippen molar-refractivity contribution < 1.29 is 80.2 Å². The number of phosphoric ester groups is 2. The Balaban J connectivity index is 5.43. The van der Waals surface area contributed by atoms with Gasteiger partial charge in [0.25, 0.3) is 0 Å². The molecule has 0 radical (unpaired) electrons. The number of aliphatic hydroxyl groups is 1. The Morgan fingerprint density at radius 1 is 0.269 bits per heavy atom. The lowest BCUT2D eigenvalue weighted by Crippen LogP contribution is -2.30. The third kappa shape index (κ3) is 79.0. The molecule has 618 valence electrons. The molecule has 0 spiro atoms. The summed E-state index contributed by atoms with van der Waals surface area (Å²) >= 11 is 0. The standard InChI is InChI=1S/C89H150O17P2/c1-5-9-13-17-21-25-29-33-37-39-41-43-47-49-53-57-61-65-69-73-86(91)99-79-84(105-88(93)75-71-67-63-59-55-51-45-35-31-27-23-19-15-11-7-3)81-103-107(95,96)101-77-83(90)78-102-108(97,98)104-82-85(106-89(94)76-72-68-64-60-56-52-46-36-32-28-24-20-16-12-8-4)80-100-87(92)74-70-66-62-58-54-50-48-44-42-40-38-34-30-26-22-18-14-10-6-2/h9,12-13,16,21-22,24-26,28,33-34,36-38,41-44,46,49,53,56,60,83-85,90H,5-8,10-11,14-15,17-20,23,27,29-32,35,39-40,45,47-48,50-52,54-55,57-59,61-82H2,1-4H3,(H,95,96)(H,97,98)/b13-9-,16-12-,25-21-,26-22-,28-24-,37-33-,38-34-,43-41-,44-42-,46-36-,53-49-,60-56-. The molecule has 0 aliphatic rings. The van der Waals surface area contributed by atoms with Crippen LogP contribution in [0.15, 0.2) is 146 Å². The Labute approximate surface area is 656 Å². The number of rotatable bonds is 78. The van der Waals surface area contributed by atoms with Gasteiger partial charge in [0, 0.05) is 25.7 Å². The number of allylic oxidation sites excluding steroid dienone is 24. The fourth-order valence-electron chi connectivity index (χ4n) is 11.0. The second-order valence-electron chi connectivity index (χ2n) is 27.7. The first-order chi connectivity index (χ1) is 52.7. The van der Waals surface area contributed by atoms with Crippen LogP contribution < -0.4 is 0 Å².